The smallest absolute Gasteiger partial charge is 0.341 e. The molecule has 0 fully saturated rings. The van der Waals surface area contributed by atoms with Crippen LogP contribution >= 0.6 is 22.6 Å². The van der Waals surface area contributed by atoms with Crippen LogP contribution in [0.2, 0.25) is 0 Å². The summed E-state index contributed by atoms with van der Waals surface area (Å²) in [6, 6.07) is 1.93. The van der Waals surface area contributed by atoms with Gasteiger partial charge < -0.3 is 28.8 Å². The van der Waals surface area contributed by atoms with Gasteiger partial charge in [0.25, 0.3) is 5.88 Å². The van der Waals surface area contributed by atoms with E-state index in [1.54, 1.807) is 37.6 Å². The number of fused-ring (bicyclic) bond motifs is 1. The molecule has 0 aliphatic rings. The molecule has 3 aromatic heterocycles. The lowest BCUT2D eigenvalue weighted by atomic mass is 10.2. The van der Waals surface area contributed by atoms with Crippen LogP contribution in [0.25, 0.3) is 17.0 Å². The van der Waals surface area contributed by atoms with Crippen LogP contribution in [0.4, 0.5) is 5.69 Å². The standard InChI is InChI=1S/C11H15N3O4.C9H10N2O2.CH3I/c1-13(2)6-5-8-9(17-3)7-12-11(18-4)10(8)14(15)16;1-12-7-5-11-9(13-2)8-6(7)3-4-10-8;1-2/h5-7H,1-4H3;3-5,10H,1-2H3;1H3/b6-5+;;. The van der Waals surface area contributed by atoms with Crippen LogP contribution in [0, 0.1) is 10.1 Å². The van der Waals surface area contributed by atoms with Crippen molar-refractivity contribution in [2.75, 3.05) is 47.5 Å². The molecule has 0 amide bonds. The van der Waals surface area contributed by atoms with E-state index in [4.69, 9.17) is 18.9 Å². The minimum atomic E-state index is -0.538. The Morgan fingerprint density at radius 3 is 2.09 bits per heavy atom. The summed E-state index contributed by atoms with van der Waals surface area (Å²) in [5.41, 5.74) is 0.972. The van der Waals surface area contributed by atoms with Gasteiger partial charge in [0.1, 0.15) is 16.8 Å². The molecule has 3 rings (SSSR count). The van der Waals surface area contributed by atoms with Gasteiger partial charge in [-0.05, 0) is 23.3 Å². The fourth-order valence-electron chi connectivity index (χ4n) is 2.67. The van der Waals surface area contributed by atoms with Gasteiger partial charge in [0.15, 0.2) is 5.75 Å². The van der Waals surface area contributed by atoms with Crippen molar-refractivity contribution in [2.45, 2.75) is 0 Å². The Morgan fingerprint density at radius 2 is 1.58 bits per heavy atom. The van der Waals surface area contributed by atoms with Crippen LogP contribution in [-0.4, -0.2) is 72.2 Å². The van der Waals surface area contributed by atoms with Gasteiger partial charge in [-0.15, -0.1) is 0 Å². The number of halogens is 1. The fourth-order valence-corrected chi connectivity index (χ4v) is 2.67. The zero-order chi connectivity index (χ0) is 25.0. The van der Waals surface area contributed by atoms with Gasteiger partial charge >= 0.3 is 5.69 Å². The van der Waals surface area contributed by atoms with E-state index in [0.717, 1.165) is 16.7 Å². The summed E-state index contributed by atoms with van der Waals surface area (Å²) >= 11 is 2.15. The molecule has 1 N–H and O–H groups in total. The minimum Gasteiger partial charge on any atom is -0.494 e. The Kier molecular flexibility index (Phi) is 11.8. The second kappa shape index (κ2) is 14.0. The number of alkyl halides is 1. The molecule has 0 aliphatic carbocycles. The lowest BCUT2D eigenvalue weighted by molar-refractivity contribution is -0.386. The van der Waals surface area contributed by atoms with E-state index in [9.17, 15) is 10.1 Å². The maximum absolute atomic E-state index is 11.1. The third-order valence-corrected chi connectivity index (χ3v) is 4.10. The van der Waals surface area contributed by atoms with E-state index in [-0.39, 0.29) is 11.6 Å². The van der Waals surface area contributed by atoms with E-state index >= 15 is 0 Å². The van der Waals surface area contributed by atoms with Gasteiger partial charge in [0.2, 0.25) is 5.88 Å². The molecule has 0 radical (unpaired) electrons. The van der Waals surface area contributed by atoms with Crippen molar-refractivity contribution in [1.29, 1.82) is 0 Å². The molecular formula is C21H28IN5O6. The molecule has 3 heterocycles. The van der Waals surface area contributed by atoms with Crippen LogP contribution in [0.15, 0.2) is 30.9 Å². The predicted octanol–water partition coefficient (Wildman–Crippen LogP) is 4.17. The molecule has 3 aromatic rings. The Morgan fingerprint density at radius 1 is 1.00 bits per heavy atom. The molecule has 0 spiro atoms. The molecule has 0 aromatic carbocycles. The predicted molar refractivity (Wildman–Crippen MR) is 136 cm³/mol. The van der Waals surface area contributed by atoms with Gasteiger partial charge in [-0.3, -0.25) is 10.1 Å². The van der Waals surface area contributed by atoms with Crippen LogP contribution in [0.1, 0.15) is 5.56 Å². The van der Waals surface area contributed by atoms with Crippen molar-refractivity contribution in [3.63, 3.8) is 0 Å². The second-order valence-electron chi connectivity index (χ2n) is 6.24. The molecule has 0 unspecified atom stereocenters. The van der Waals surface area contributed by atoms with Crippen molar-refractivity contribution >= 4 is 45.3 Å². The van der Waals surface area contributed by atoms with Crippen molar-refractivity contribution in [1.82, 2.24) is 19.9 Å². The Hall–Kier alpha value is -3.29. The normalized spacial score (nSPS) is 9.94. The number of aromatic nitrogens is 3. The Labute approximate surface area is 206 Å². The number of rotatable bonds is 7. The minimum absolute atomic E-state index is 0.0424. The summed E-state index contributed by atoms with van der Waals surface area (Å²) in [6.07, 6.45) is 8.14. The first-order valence-electron chi connectivity index (χ1n) is 9.39. The van der Waals surface area contributed by atoms with E-state index in [1.165, 1.54) is 20.4 Å². The average molecular weight is 573 g/mol. The first-order valence-corrected chi connectivity index (χ1v) is 11.5. The molecule has 0 atom stereocenters. The molecule has 180 valence electrons. The highest BCUT2D eigenvalue weighted by atomic mass is 127. The average Bonchev–Trinajstić information content (AvgIpc) is 3.33. The van der Waals surface area contributed by atoms with Gasteiger partial charge in [-0.2, -0.15) is 0 Å². The molecule has 0 saturated heterocycles. The summed E-state index contributed by atoms with van der Waals surface area (Å²) in [5.74, 6) is 1.61. The van der Waals surface area contributed by atoms with Crippen molar-refractivity contribution < 1.29 is 23.9 Å². The number of nitro groups is 1. The number of methoxy groups -OCH3 is 4. The largest absolute Gasteiger partial charge is 0.494 e. The van der Waals surface area contributed by atoms with Crippen LogP contribution in [0.5, 0.6) is 23.3 Å². The molecule has 0 aliphatic heterocycles. The van der Waals surface area contributed by atoms with Crippen molar-refractivity contribution in [3.8, 4) is 23.3 Å². The SMILES string of the molecule is CI.COc1cnc(OC)c([N+](=O)[O-])c1/C=C/N(C)C.COc1cnc(OC)c2[nH]ccc12. The summed E-state index contributed by atoms with van der Waals surface area (Å²) in [6.45, 7) is 0. The first kappa shape index (κ1) is 27.7. The zero-order valence-electron chi connectivity index (χ0n) is 19.6. The highest BCUT2D eigenvalue weighted by Crippen LogP contribution is 2.35. The van der Waals surface area contributed by atoms with E-state index in [1.807, 2.05) is 31.3 Å². The third kappa shape index (κ3) is 7.10. The van der Waals surface area contributed by atoms with E-state index < -0.39 is 4.92 Å². The second-order valence-corrected chi connectivity index (χ2v) is 6.24. The number of H-pyrrole nitrogens is 1. The Balaban J connectivity index is 0.000000319. The summed E-state index contributed by atoms with van der Waals surface area (Å²) in [7, 11) is 9.60. The quantitative estimate of drug-likeness (QED) is 0.192. The number of ether oxygens (including phenoxy) is 4. The maximum Gasteiger partial charge on any atom is 0.341 e. The molecular weight excluding hydrogens is 545 g/mol. The van der Waals surface area contributed by atoms with Crippen LogP contribution < -0.4 is 18.9 Å². The fraction of sp³-hybridized carbons (Fsp3) is 0.333. The first-order chi connectivity index (χ1) is 15.9. The molecule has 11 nitrogen and oxygen atoms in total. The number of nitrogens with zero attached hydrogens (tertiary/aromatic N) is 4. The van der Waals surface area contributed by atoms with Gasteiger partial charge in [0.05, 0.1) is 45.8 Å². The summed E-state index contributed by atoms with van der Waals surface area (Å²) in [4.78, 5) is 25.3. The summed E-state index contributed by atoms with van der Waals surface area (Å²) in [5, 5.41) is 12.1. The lowest BCUT2D eigenvalue weighted by Gasteiger charge is -2.09. The lowest BCUT2D eigenvalue weighted by Crippen LogP contribution is -2.03. The van der Waals surface area contributed by atoms with Crippen LogP contribution in [-0.2, 0) is 0 Å². The number of hydrogen-bond acceptors (Lipinski definition) is 9. The molecule has 0 saturated carbocycles. The highest BCUT2D eigenvalue weighted by Gasteiger charge is 2.24. The topological polar surface area (TPSA) is 125 Å². The number of hydrogen-bond donors (Lipinski definition) is 1. The van der Waals surface area contributed by atoms with E-state index in [0.29, 0.717) is 17.2 Å². The summed E-state index contributed by atoms with van der Waals surface area (Å²) < 4.78 is 20.2. The highest BCUT2D eigenvalue weighted by molar-refractivity contribution is 14.1. The maximum atomic E-state index is 11.1. The van der Waals surface area contributed by atoms with Gasteiger partial charge in [-0.25, -0.2) is 9.97 Å². The molecule has 12 heteroatoms. The Bertz CT molecular complexity index is 1030. The molecule has 33 heavy (non-hydrogen) atoms. The molecule has 0 bridgehead atoms. The third-order valence-electron chi connectivity index (χ3n) is 4.10. The van der Waals surface area contributed by atoms with Crippen LogP contribution in [0.3, 0.4) is 0 Å². The number of pyridine rings is 2. The monoisotopic (exact) mass is 573 g/mol. The zero-order valence-corrected chi connectivity index (χ0v) is 21.7. The number of nitrogens with one attached hydrogen (secondary N) is 1. The number of aromatic amines is 1. The van der Waals surface area contributed by atoms with Gasteiger partial charge in [0, 0.05) is 25.7 Å². The van der Waals surface area contributed by atoms with Crippen molar-refractivity contribution in [3.05, 3.63) is 46.5 Å². The van der Waals surface area contributed by atoms with E-state index in [2.05, 4.69) is 37.5 Å². The van der Waals surface area contributed by atoms with Gasteiger partial charge in [-0.1, -0.05) is 22.6 Å². The van der Waals surface area contributed by atoms with Crippen molar-refractivity contribution in [2.24, 2.45) is 0 Å².